The Balaban J connectivity index is 1.66. The normalized spacial score (nSPS) is 14.0. The molecule has 1 aromatic carbocycles. The van der Waals surface area contributed by atoms with Crippen LogP contribution >= 0.6 is 0 Å². The van der Waals surface area contributed by atoms with E-state index in [-0.39, 0.29) is 17.9 Å². The number of hydrogen-bond donors (Lipinski definition) is 1. The lowest BCUT2D eigenvalue weighted by Crippen LogP contribution is -2.46. The molecule has 0 radical (unpaired) electrons. The summed E-state index contributed by atoms with van der Waals surface area (Å²) in [6.45, 7) is 8.15. The lowest BCUT2D eigenvalue weighted by molar-refractivity contribution is 0.0697. The van der Waals surface area contributed by atoms with Crippen molar-refractivity contribution in [3.8, 4) is 17.2 Å². The van der Waals surface area contributed by atoms with Crippen molar-refractivity contribution in [2.45, 2.75) is 39.7 Å². The molecular weight excluding hydrogens is 410 g/mol. The van der Waals surface area contributed by atoms with Crippen molar-refractivity contribution in [3.63, 3.8) is 0 Å². The smallest absolute Gasteiger partial charge is 0.255 e. The van der Waals surface area contributed by atoms with Crippen LogP contribution < -0.4 is 19.5 Å². The maximum Gasteiger partial charge on any atom is 0.255 e. The predicted molar refractivity (Wildman–Crippen MR) is 121 cm³/mol. The number of carbonyl (C=O) groups excluding carboxylic acids is 2. The first-order valence-corrected chi connectivity index (χ1v) is 11.1. The number of nitrogens with zero attached hydrogens (tertiary/aromatic N) is 2. The zero-order chi connectivity index (χ0) is 22.9. The first-order chi connectivity index (χ1) is 15.6. The molecule has 0 bridgehead atoms. The molecule has 2 heterocycles. The predicted octanol–water partition coefficient (Wildman–Crippen LogP) is 3.31. The standard InChI is InChI=1S/C24H31N3O5/c1-4-30-20-14-18(15-21(31-5-2)22(20)32-6-3)23(28)26-19-9-12-27(13-10-19)24(29)17-8-7-11-25-16-17/h7-8,11,14-16,19H,4-6,9-10,12-13H2,1-3H3,(H,26,28). The minimum Gasteiger partial charge on any atom is -0.490 e. The fourth-order valence-corrected chi connectivity index (χ4v) is 3.69. The van der Waals surface area contributed by atoms with Crippen molar-refractivity contribution < 1.29 is 23.8 Å². The molecule has 0 aliphatic carbocycles. The van der Waals surface area contributed by atoms with Crippen molar-refractivity contribution in [3.05, 3.63) is 47.8 Å². The molecule has 172 valence electrons. The molecule has 1 saturated heterocycles. The topological polar surface area (TPSA) is 90.0 Å². The Labute approximate surface area is 188 Å². The number of carbonyl (C=O) groups is 2. The maximum absolute atomic E-state index is 13.0. The van der Waals surface area contributed by atoms with E-state index in [1.807, 2.05) is 20.8 Å². The Kier molecular flexibility index (Phi) is 8.30. The van der Waals surface area contributed by atoms with Gasteiger partial charge in [0.05, 0.1) is 25.4 Å². The number of piperidine rings is 1. The van der Waals surface area contributed by atoms with Gasteiger partial charge in [-0.25, -0.2) is 0 Å². The fraction of sp³-hybridized carbons (Fsp3) is 0.458. The average molecular weight is 442 g/mol. The molecule has 1 fully saturated rings. The molecular formula is C24H31N3O5. The van der Waals surface area contributed by atoms with Crippen LogP contribution in [0.4, 0.5) is 0 Å². The summed E-state index contributed by atoms with van der Waals surface area (Å²) in [5.41, 5.74) is 1.03. The molecule has 0 saturated carbocycles. The zero-order valence-electron chi connectivity index (χ0n) is 18.9. The van der Waals surface area contributed by atoms with Gasteiger partial charge in [0.25, 0.3) is 11.8 Å². The van der Waals surface area contributed by atoms with Gasteiger partial charge >= 0.3 is 0 Å². The average Bonchev–Trinajstić information content (AvgIpc) is 2.82. The molecule has 0 spiro atoms. The van der Waals surface area contributed by atoms with E-state index in [0.717, 1.165) is 0 Å². The Morgan fingerprint density at radius 3 is 2.16 bits per heavy atom. The van der Waals surface area contributed by atoms with Gasteiger partial charge < -0.3 is 24.4 Å². The van der Waals surface area contributed by atoms with Gasteiger partial charge in [-0.2, -0.15) is 0 Å². The van der Waals surface area contributed by atoms with Crippen molar-refractivity contribution in [2.75, 3.05) is 32.9 Å². The summed E-state index contributed by atoms with van der Waals surface area (Å²) in [7, 11) is 0. The van der Waals surface area contributed by atoms with Crippen molar-refractivity contribution in [2.24, 2.45) is 0 Å². The third-order valence-electron chi connectivity index (χ3n) is 5.20. The number of rotatable bonds is 9. The van der Waals surface area contributed by atoms with E-state index in [1.165, 1.54) is 0 Å². The molecule has 0 atom stereocenters. The largest absolute Gasteiger partial charge is 0.490 e. The Hall–Kier alpha value is -3.29. The van der Waals surface area contributed by atoms with Crippen LogP contribution in [0.25, 0.3) is 0 Å². The van der Waals surface area contributed by atoms with Crippen LogP contribution in [-0.2, 0) is 0 Å². The lowest BCUT2D eigenvalue weighted by Gasteiger charge is -2.32. The van der Waals surface area contributed by atoms with Gasteiger partial charge in [0.1, 0.15) is 0 Å². The lowest BCUT2D eigenvalue weighted by atomic mass is 10.0. The number of pyridine rings is 1. The highest BCUT2D eigenvalue weighted by Gasteiger charge is 2.26. The van der Waals surface area contributed by atoms with Gasteiger partial charge in [-0.1, -0.05) is 0 Å². The highest BCUT2D eigenvalue weighted by molar-refractivity contribution is 5.96. The van der Waals surface area contributed by atoms with E-state index in [1.54, 1.807) is 41.6 Å². The molecule has 8 heteroatoms. The second-order valence-corrected chi connectivity index (χ2v) is 7.38. The second-order valence-electron chi connectivity index (χ2n) is 7.38. The van der Waals surface area contributed by atoms with E-state index in [4.69, 9.17) is 14.2 Å². The molecule has 1 N–H and O–H groups in total. The van der Waals surface area contributed by atoms with Crippen LogP contribution in [0.1, 0.15) is 54.3 Å². The SMILES string of the molecule is CCOc1cc(C(=O)NC2CCN(C(=O)c3cccnc3)CC2)cc(OCC)c1OCC. The van der Waals surface area contributed by atoms with Crippen LogP contribution in [0.3, 0.4) is 0 Å². The maximum atomic E-state index is 13.0. The molecule has 3 rings (SSSR count). The summed E-state index contributed by atoms with van der Waals surface area (Å²) in [6, 6.07) is 6.88. The first-order valence-electron chi connectivity index (χ1n) is 11.1. The van der Waals surface area contributed by atoms with Gasteiger partial charge in [0.15, 0.2) is 11.5 Å². The monoisotopic (exact) mass is 441 g/mol. The van der Waals surface area contributed by atoms with Gasteiger partial charge in [0.2, 0.25) is 5.75 Å². The van der Waals surface area contributed by atoms with Crippen LogP contribution in [-0.4, -0.2) is 60.7 Å². The van der Waals surface area contributed by atoms with E-state index in [0.29, 0.717) is 74.1 Å². The Morgan fingerprint density at radius 1 is 1.00 bits per heavy atom. The van der Waals surface area contributed by atoms with Gasteiger partial charge in [-0.15, -0.1) is 0 Å². The number of amides is 2. The number of hydrogen-bond acceptors (Lipinski definition) is 6. The molecule has 1 aliphatic rings. The number of benzene rings is 1. The minimum atomic E-state index is -0.202. The minimum absolute atomic E-state index is 0.0156. The number of nitrogens with one attached hydrogen (secondary N) is 1. The van der Waals surface area contributed by atoms with Gasteiger partial charge in [-0.3, -0.25) is 14.6 Å². The van der Waals surface area contributed by atoms with E-state index in [9.17, 15) is 9.59 Å². The first kappa shape index (κ1) is 23.4. The number of ether oxygens (including phenoxy) is 3. The summed E-state index contributed by atoms with van der Waals surface area (Å²) in [5.74, 6) is 1.25. The molecule has 32 heavy (non-hydrogen) atoms. The summed E-state index contributed by atoms with van der Waals surface area (Å²) >= 11 is 0. The zero-order valence-corrected chi connectivity index (χ0v) is 18.9. The van der Waals surface area contributed by atoms with E-state index >= 15 is 0 Å². The Morgan fingerprint density at radius 2 is 1.62 bits per heavy atom. The number of aromatic nitrogens is 1. The second kappa shape index (κ2) is 11.4. The summed E-state index contributed by atoms with van der Waals surface area (Å²) in [4.78, 5) is 31.4. The van der Waals surface area contributed by atoms with E-state index in [2.05, 4.69) is 10.3 Å². The summed E-state index contributed by atoms with van der Waals surface area (Å²) in [6.07, 6.45) is 4.60. The summed E-state index contributed by atoms with van der Waals surface area (Å²) < 4.78 is 17.1. The molecule has 0 unspecified atom stereocenters. The molecule has 8 nitrogen and oxygen atoms in total. The highest BCUT2D eigenvalue weighted by atomic mass is 16.5. The third-order valence-corrected chi connectivity index (χ3v) is 5.20. The van der Waals surface area contributed by atoms with Crippen LogP contribution in [0.5, 0.6) is 17.2 Å². The van der Waals surface area contributed by atoms with Crippen molar-refractivity contribution in [1.29, 1.82) is 0 Å². The van der Waals surface area contributed by atoms with Crippen LogP contribution in [0.15, 0.2) is 36.7 Å². The van der Waals surface area contributed by atoms with E-state index < -0.39 is 0 Å². The van der Waals surface area contributed by atoms with Gasteiger partial charge in [0, 0.05) is 37.1 Å². The third kappa shape index (κ3) is 5.69. The molecule has 2 amide bonds. The quantitative estimate of drug-likeness (QED) is 0.642. The number of likely N-dealkylation sites (tertiary alicyclic amines) is 1. The molecule has 1 aromatic heterocycles. The fourth-order valence-electron chi connectivity index (χ4n) is 3.69. The molecule has 1 aliphatic heterocycles. The van der Waals surface area contributed by atoms with Gasteiger partial charge in [-0.05, 0) is 57.9 Å². The molecule has 2 aromatic rings. The highest BCUT2D eigenvalue weighted by Crippen LogP contribution is 2.39. The Bertz CT molecular complexity index is 884. The van der Waals surface area contributed by atoms with Crippen molar-refractivity contribution in [1.82, 2.24) is 15.2 Å². The van der Waals surface area contributed by atoms with Crippen molar-refractivity contribution >= 4 is 11.8 Å². The van der Waals surface area contributed by atoms with Crippen LogP contribution in [0.2, 0.25) is 0 Å². The summed E-state index contributed by atoms with van der Waals surface area (Å²) in [5, 5.41) is 3.08. The van der Waals surface area contributed by atoms with Crippen LogP contribution in [0, 0.1) is 0 Å².